The number of halogens is 1. The summed E-state index contributed by atoms with van der Waals surface area (Å²) < 4.78 is 5.48. The van der Waals surface area contributed by atoms with Gasteiger partial charge in [0, 0.05) is 12.6 Å². The van der Waals surface area contributed by atoms with Gasteiger partial charge in [0.05, 0.1) is 27.6 Å². The number of hydrogen-bond donors (Lipinski definition) is 2. The molecule has 1 unspecified atom stereocenters. The summed E-state index contributed by atoms with van der Waals surface area (Å²) >= 11 is 6.32. The fourth-order valence-corrected chi connectivity index (χ4v) is 4.37. The van der Waals surface area contributed by atoms with Gasteiger partial charge in [-0.25, -0.2) is 4.79 Å². The van der Waals surface area contributed by atoms with E-state index in [4.69, 9.17) is 22.1 Å². The summed E-state index contributed by atoms with van der Waals surface area (Å²) in [6, 6.07) is 7.02. The highest BCUT2D eigenvalue weighted by atomic mass is 35.5. The number of likely N-dealkylation sites (N-methyl/N-ethyl adjacent to an activating group) is 1. The number of nitrogens with two attached hydrogens (primary N) is 1. The molecule has 3 aliphatic rings. The Morgan fingerprint density at radius 2 is 2.04 bits per heavy atom. The van der Waals surface area contributed by atoms with Crippen LogP contribution in [0.5, 0.6) is 0 Å². The lowest BCUT2D eigenvalue weighted by Gasteiger charge is -2.34. The highest BCUT2D eigenvalue weighted by Gasteiger charge is 2.64. The van der Waals surface area contributed by atoms with Crippen LogP contribution < -0.4 is 16.0 Å². The lowest BCUT2D eigenvalue weighted by atomic mass is 9.67. The maximum Gasteiger partial charge on any atom is 0.338 e. The van der Waals surface area contributed by atoms with E-state index in [1.807, 2.05) is 6.07 Å². The molecule has 1 aromatic carbocycles. The lowest BCUT2D eigenvalue weighted by molar-refractivity contribution is -0.145. The predicted octanol–water partition coefficient (Wildman–Crippen LogP) is 1.44. The third-order valence-corrected chi connectivity index (χ3v) is 5.45. The summed E-state index contributed by atoms with van der Waals surface area (Å²) in [5.41, 5.74) is 4.76. The van der Waals surface area contributed by atoms with Crippen molar-refractivity contribution in [3.05, 3.63) is 51.4 Å². The summed E-state index contributed by atoms with van der Waals surface area (Å²) in [6.45, 7) is 3.39. The minimum Gasteiger partial charge on any atom is -0.450 e. The molecule has 0 bridgehead atoms. The van der Waals surface area contributed by atoms with Crippen molar-refractivity contribution in [2.75, 3.05) is 11.9 Å². The zero-order valence-electron chi connectivity index (χ0n) is 14.3. The molecule has 26 heavy (non-hydrogen) atoms. The van der Waals surface area contributed by atoms with E-state index in [2.05, 4.69) is 5.32 Å². The molecular weight excluding hydrogens is 356 g/mol. The molecule has 8 heteroatoms. The maximum atomic E-state index is 13.5. The molecule has 1 spiro atoms. The van der Waals surface area contributed by atoms with Gasteiger partial charge in [-0.05, 0) is 19.9 Å². The van der Waals surface area contributed by atoms with Crippen LogP contribution in [0.25, 0.3) is 0 Å². The van der Waals surface area contributed by atoms with Gasteiger partial charge in [0.2, 0.25) is 5.91 Å². The van der Waals surface area contributed by atoms with Crippen LogP contribution in [0, 0.1) is 11.3 Å². The van der Waals surface area contributed by atoms with Gasteiger partial charge in [0.15, 0.2) is 0 Å². The minimum atomic E-state index is -1.67. The molecule has 1 amide bonds. The van der Waals surface area contributed by atoms with Gasteiger partial charge in [-0.15, -0.1) is 0 Å². The van der Waals surface area contributed by atoms with E-state index >= 15 is 0 Å². The van der Waals surface area contributed by atoms with Crippen molar-refractivity contribution in [1.29, 1.82) is 5.26 Å². The second-order valence-electron chi connectivity index (χ2n) is 6.93. The van der Waals surface area contributed by atoms with E-state index in [0.29, 0.717) is 22.0 Å². The highest BCUT2D eigenvalue weighted by molar-refractivity contribution is 6.35. The first-order valence-electron chi connectivity index (χ1n) is 7.91. The van der Waals surface area contributed by atoms with E-state index in [0.717, 1.165) is 0 Å². The van der Waals surface area contributed by atoms with Crippen LogP contribution in [0.3, 0.4) is 0 Å². The van der Waals surface area contributed by atoms with Crippen molar-refractivity contribution in [1.82, 2.24) is 5.32 Å². The summed E-state index contributed by atoms with van der Waals surface area (Å²) in [5.74, 6) is -1.11. The van der Waals surface area contributed by atoms with Crippen molar-refractivity contribution < 1.29 is 14.3 Å². The Morgan fingerprint density at radius 1 is 1.35 bits per heavy atom. The number of fused-ring (bicyclic) bond motifs is 3. The van der Waals surface area contributed by atoms with Crippen LogP contribution in [-0.4, -0.2) is 24.5 Å². The molecule has 0 fully saturated rings. The van der Waals surface area contributed by atoms with Crippen LogP contribution >= 0.6 is 11.6 Å². The van der Waals surface area contributed by atoms with Crippen LogP contribution in [0.1, 0.15) is 19.4 Å². The Balaban J connectivity index is 2.19. The van der Waals surface area contributed by atoms with Crippen LogP contribution in [0.2, 0.25) is 5.02 Å². The summed E-state index contributed by atoms with van der Waals surface area (Å²) in [4.78, 5) is 27.6. The van der Waals surface area contributed by atoms with Crippen molar-refractivity contribution in [2.24, 2.45) is 5.73 Å². The van der Waals surface area contributed by atoms with Gasteiger partial charge >= 0.3 is 5.97 Å². The van der Waals surface area contributed by atoms with Gasteiger partial charge < -0.3 is 20.7 Å². The summed E-state index contributed by atoms with van der Waals surface area (Å²) in [7, 11) is 1.56. The van der Waals surface area contributed by atoms with Gasteiger partial charge in [0.1, 0.15) is 22.9 Å². The van der Waals surface area contributed by atoms with Crippen molar-refractivity contribution in [2.45, 2.75) is 24.9 Å². The number of rotatable bonds is 0. The number of cyclic esters (lactones) is 1. The number of para-hydroxylation sites is 1. The van der Waals surface area contributed by atoms with Crippen molar-refractivity contribution in [3.8, 4) is 6.07 Å². The molecule has 4 rings (SSSR count). The average molecular weight is 371 g/mol. The smallest absolute Gasteiger partial charge is 0.338 e. The Kier molecular flexibility index (Phi) is 3.04. The first kappa shape index (κ1) is 16.5. The Labute approximate surface area is 154 Å². The van der Waals surface area contributed by atoms with Gasteiger partial charge in [-0.1, -0.05) is 23.7 Å². The number of hydrogen-bond acceptors (Lipinski definition) is 6. The minimum absolute atomic E-state index is 0.0206. The summed E-state index contributed by atoms with van der Waals surface area (Å²) in [5, 5.41) is 13.1. The number of dihydropyridines is 1. The SMILES string of the molecule is CN1C(=O)C2(C(C#N)=C(N)NC3=C2C(=O)OC3(C)C)c2cccc(Cl)c21. The quantitative estimate of drug-likeness (QED) is 0.669. The highest BCUT2D eigenvalue weighted by Crippen LogP contribution is 2.57. The van der Waals surface area contributed by atoms with Gasteiger partial charge in [-0.2, -0.15) is 5.26 Å². The predicted molar refractivity (Wildman–Crippen MR) is 93.7 cm³/mol. The first-order chi connectivity index (χ1) is 12.2. The maximum absolute atomic E-state index is 13.5. The number of esters is 1. The third kappa shape index (κ3) is 1.62. The topological polar surface area (TPSA) is 108 Å². The number of amides is 1. The number of anilines is 1. The fraction of sp³-hybridized carbons (Fsp3) is 0.278. The molecule has 3 heterocycles. The van der Waals surface area contributed by atoms with E-state index < -0.39 is 22.9 Å². The largest absolute Gasteiger partial charge is 0.450 e. The second kappa shape index (κ2) is 4.80. The van der Waals surface area contributed by atoms with Crippen molar-refractivity contribution >= 4 is 29.2 Å². The van der Waals surface area contributed by atoms with Crippen LogP contribution in [-0.2, 0) is 19.7 Å². The van der Waals surface area contributed by atoms with Gasteiger partial charge in [0.25, 0.3) is 0 Å². The molecule has 0 radical (unpaired) electrons. The van der Waals surface area contributed by atoms with E-state index in [1.54, 1.807) is 39.1 Å². The number of nitrogens with zero attached hydrogens (tertiary/aromatic N) is 2. The number of benzene rings is 1. The molecule has 1 atom stereocenters. The number of carbonyl (C=O) groups is 2. The molecule has 3 aliphatic heterocycles. The molecule has 7 nitrogen and oxygen atoms in total. The molecule has 1 aromatic rings. The number of nitriles is 1. The zero-order chi connectivity index (χ0) is 19.0. The Morgan fingerprint density at radius 3 is 2.69 bits per heavy atom. The third-order valence-electron chi connectivity index (χ3n) is 5.15. The van der Waals surface area contributed by atoms with Crippen LogP contribution in [0.15, 0.2) is 40.9 Å². The van der Waals surface area contributed by atoms with E-state index in [-0.39, 0.29) is 17.0 Å². The summed E-state index contributed by atoms with van der Waals surface area (Å²) in [6.07, 6.45) is 0. The number of carbonyl (C=O) groups excluding carboxylic acids is 2. The standard InChI is InChI=1S/C18H15ClN4O3/c1-17(2)13-11(15(24)26-17)18(9(7-20)14(21)22-13)8-5-4-6-10(19)12(8)23(3)16(18)25/h4-6,22H,21H2,1-3H3. The Bertz CT molecular complexity index is 1020. The molecule has 0 saturated carbocycles. The zero-order valence-corrected chi connectivity index (χ0v) is 15.1. The normalized spacial score (nSPS) is 25.9. The van der Waals surface area contributed by atoms with E-state index in [9.17, 15) is 14.9 Å². The molecule has 0 aromatic heterocycles. The fourth-order valence-electron chi connectivity index (χ4n) is 4.07. The first-order valence-corrected chi connectivity index (χ1v) is 8.28. The monoisotopic (exact) mass is 370 g/mol. The molecular formula is C18H15ClN4O3. The number of nitrogens with one attached hydrogen (secondary N) is 1. The van der Waals surface area contributed by atoms with Crippen molar-refractivity contribution in [3.63, 3.8) is 0 Å². The Hall–Kier alpha value is -2.98. The molecule has 0 aliphatic carbocycles. The van der Waals surface area contributed by atoms with Gasteiger partial charge in [-0.3, -0.25) is 4.79 Å². The molecule has 0 saturated heterocycles. The molecule has 132 valence electrons. The van der Waals surface area contributed by atoms with Crippen LogP contribution in [0.4, 0.5) is 5.69 Å². The lowest BCUT2D eigenvalue weighted by Crippen LogP contribution is -2.49. The van der Waals surface area contributed by atoms with E-state index in [1.165, 1.54) is 4.90 Å². The second-order valence-corrected chi connectivity index (χ2v) is 7.33. The average Bonchev–Trinajstić information content (AvgIpc) is 2.92. The molecule has 3 N–H and O–H groups in total. The number of ether oxygens (including phenoxy) is 1.